The van der Waals surface area contributed by atoms with Crippen LogP contribution in [0.5, 0.6) is 5.88 Å². The van der Waals surface area contributed by atoms with Gasteiger partial charge in [-0.25, -0.2) is 9.97 Å². The first-order valence-electron chi connectivity index (χ1n) is 6.70. The Labute approximate surface area is 148 Å². The third kappa shape index (κ3) is 3.27. The molecule has 116 valence electrons. The van der Waals surface area contributed by atoms with Crippen LogP contribution in [0.4, 0.5) is 0 Å². The first kappa shape index (κ1) is 16.1. The zero-order chi connectivity index (χ0) is 16.4. The second-order valence-electron chi connectivity index (χ2n) is 4.74. The molecule has 0 aliphatic heterocycles. The minimum atomic E-state index is 0.461. The van der Waals surface area contributed by atoms with Crippen molar-refractivity contribution in [2.75, 3.05) is 7.11 Å². The fraction of sp³-hybridized carbons (Fsp3) is 0.0588. The van der Waals surface area contributed by atoms with Gasteiger partial charge in [-0.2, -0.15) is 0 Å². The molecule has 0 saturated carbocycles. The molecule has 23 heavy (non-hydrogen) atoms. The van der Waals surface area contributed by atoms with Gasteiger partial charge in [0.05, 0.1) is 23.4 Å². The van der Waals surface area contributed by atoms with Gasteiger partial charge < -0.3 is 4.74 Å². The van der Waals surface area contributed by atoms with E-state index in [4.69, 9.17) is 39.5 Å². The number of ether oxygens (including phenoxy) is 1. The molecule has 6 heteroatoms. The monoisotopic (exact) mass is 364 g/mol. The smallest absolute Gasteiger partial charge is 0.224 e. The first-order valence-corrected chi connectivity index (χ1v) is 7.84. The van der Waals surface area contributed by atoms with Crippen LogP contribution in [-0.2, 0) is 0 Å². The summed E-state index contributed by atoms with van der Waals surface area (Å²) in [6.45, 7) is 0. The quantitative estimate of drug-likeness (QED) is 0.590. The molecule has 3 rings (SSSR count). The first-order chi connectivity index (χ1) is 11.1. The van der Waals surface area contributed by atoms with Crippen molar-refractivity contribution >= 4 is 34.8 Å². The topological polar surface area (TPSA) is 35.0 Å². The van der Waals surface area contributed by atoms with E-state index < -0.39 is 0 Å². The normalized spacial score (nSPS) is 10.6. The van der Waals surface area contributed by atoms with E-state index in [1.165, 1.54) is 6.33 Å². The van der Waals surface area contributed by atoms with Crippen molar-refractivity contribution in [2.45, 2.75) is 0 Å². The van der Waals surface area contributed by atoms with Crippen LogP contribution >= 0.6 is 34.8 Å². The van der Waals surface area contributed by atoms with Gasteiger partial charge in [-0.1, -0.05) is 46.9 Å². The van der Waals surface area contributed by atoms with Gasteiger partial charge >= 0.3 is 0 Å². The Kier molecular flexibility index (Phi) is 4.71. The summed E-state index contributed by atoms with van der Waals surface area (Å²) in [4.78, 5) is 8.59. The fourth-order valence-electron chi connectivity index (χ4n) is 2.29. The van der Waals surface area contributed by atoms with Crippen LogP contribution in [0.2, 0.25) is 15.1 Å². The van der Waals surface area contributed by atoms with E-state index in [1.807, 2.05) is 18.2 Å². The molecule has 0 bridgehead atoms. The molecule has 0 N–H and O–H groups in total. The van der Waals surface area contributed by atoms with E-state index in [-0.39, 0.29) is 0 Å². The molecular formula is C17H11Cl3N2O. The molecule has 2 aromatic carbocycles. The summed E-state index contributed by atoms with van der Waals surface area (Å²) in [6.07, 6.45) is 1.44. The maximum Gasteiger partial charge on any atom is 0.224 e. The van der Waals surface area contributed by atoms with Gasteiger partial charge in [0, 0.05) is 15.6 Å². The van der Waals surface area contributed by atoms with Crippen LogP contribution in [0.3, 0.4) is 0 Å². The van der Waals surface area contributed by atoms with E-state index in [0.717, 1.165) is 16.7 Å². The molecule has 0 aliphatic carbocycles. The number of benzene rings is 2. The minimum absolute atomic E-state index is 0.461. The van der Waals surface area contributed by atoms with E-state index in [2.05, 4.69) is 9.97 Å². The molecule has 0 fully saturated rings. The highest BCUT2D eigenvalue weighted by Gasteiger charge is 2.18. The lowest BCUT2D eigenvalue weighted by Gasteiger charge is -2.13. The lowest BCUT2D eigenvalue weighted by molar-refractivity contribution is 0.399. The van der Waals surface area contributed by atoms with Crippen molar-refractivity contribution < 1.29 is 4.74 Å². The molecule has 0 atom stereocenters. The fourth-order valence-corrected chi connectivity index (χ4v) is 2.91. The van der Waals surface area contributed by atoms with Crippen molar-refractivity contribution in [2.24, 2.45) is 0 Å². The standard InChI is InChI=1S/C17H11Cl3N2O/c1-23-17-15(10-2-4-11(18)5-3-10)16(21-9-22-17)13-7-6-12(19)8-14(13)20/h2-9H,1H3. The number of hydrogen-bond acceptors (Lipinski definition) is 3. The van der Waals surface area contributed by atoms with Gasteiger partial charge in [0.1, 0.15) is 6.33 Å². The maximum atomic E-state index is 6.34. The Bertz CT molecular complexity index is 851. The van der Waals surface area contributed by atoms with Crippen LogP contribution in [0.25, 0.3) is 22.4 Å². The summed E-state index contributed by atoms with van der Waals surface area (Å²) in [6, 6.07) is 12.6. The molecule has 3 aromatic rings. The molecule has 1 heterocycles. The Balaban J connectivity index is 2.27. The molecule has 0 saturated heterocycles. The largest absolute Gasteiger partial charge is 0.480 e. The Morgan fingerprint density at radius 3 is 2.22 bits per heavy atom. The van der Waals surface area contributed by atoms with E-state index >= 15 is 0 Å². The number of nitrogens with zero attached hydrogens (tertiary/aromatic N) is 2. The number of hydrogen-bond donors (Lipinski definition) is 0. The van der Waals surface area contributed by atoms with Gasteiger partial charge in [-0.15, -0.1) is 0 Å². The van der Waals surface area contributed by atoms with Gasteiger partial charge in [-0.3, -0.25) is 0 Å². The average molecular weight is 366 g/mol. The van der Waals surface area contributed by atoms with Gasteiger partial charge in [-0.05, 0) is 35.9 Å². The number of methoxy groups -OCH3 is 1. The summed E-state index contributed by atoms with van der Waals surface area (Å²) >= 11 is 18.3. The van der Waals surface area contributed by atoms with Gasteiger partial charge in [0.2, 0.25) is 5.88 Å². The third-order valence-electron chi connectivity index (χ3n) is 3.32. The number of aromatic nitrogens is 2. The van der Waals surface area contributed by atoms with Crippen LogP contribution in [0, 0.1) is 0 Å². The zero-order valence-electron chi connectivity index (χ0n) is 12.1. The van der Waals surface area contributed by atoms with Crippen LogP contribution in [0.1, 0.15) is 0 Å². The molecule has 0 spiro atoms. The Hall–Kier alpha value is -1.81. The van der Waals surface area contributed by atoms with E-state index in [0.29, 0.717) is 26.6 Å². The minimum Gasteiger partial charge on any atom is -0.480 e. The van der Waals surface area contributed by atoms with Crippen molar-refractivity contribution in [3.63, 3.8) is 0 Å². The van der Waals surface area contributed by atoms with Crippen LogP contribution < -0.4 is 4.74 Å². The molecule has 0 aliphatic rings. The predicted octanol–water partition coefficient (Wildman–Crippen LogP) is 5.78. The van der Waals surface area contributed by atoms with Crippen molar-refractivity contribution in [3.8, 4) is 28.3 Å². The zero-order valence-corrected chi connectivity index (χ0v) is 14.3. The summed E-state index contributed by atoms with van der Waals surface area (Å²) < 4.78 is 5.40. The lowest BCUT2D eigenvalue weighted by atomic mass is 10.00. The van der Waals surface area contributed by atoms with E-state index in [1.54, 1.807) is 31.4 Å². The summed E-state index contributed by atoms with van der Waals surface area (Å²) in [5.41, 5.74) is 3.05. The van der Waals surface area contributed by atoms with Gasteiger partial charge in [0.15, 0.2) is 0 Å². The van der Waals surface area contributed by atoms with Gasteiger partial charge in [0.25, 0.3) is 0 Å². The van der Waals surface area contributed by atoms with Crippen LogP contribution in [-0.4, -0.2) is 17.1 Å². The Morgan fingerprint density at radius 1 is 0.870 bits per heavy atom. The lowest BCUT2D eigenvalue weighted by Crippen LogP contribution is -1.97. The highest BCUT2D eigenvalue weighted by atomic mass is 35.5. The molecule has 0 unspecified atom stereocenters. The number of rotatable bonds is 3. The maximum absolute atomic E-state index is 6.34. The average Bonchev–Trinajstić information content (AvgIpc) is 2.55. The molecule has 1 aromatic heterocycles. The molecular weight excluding hydrogens is 355 g/mol. The van der Waals surface area contributed by atoms with Crippen molar-refractivity contribution in [1.82, 2.24) is 9.97 Å². The number of halogens is 3. The molecule has 3 nitrogen and oxygen atoms in total. The van der Waals surface area contributed by atoms with E-state index in [9.17, 15) is 0 Å². The van der Waals surface area contributed by atoms with Crippen molar-refractivity contribution in [1.29, 1.82) is 0 Å². The highest BCUT2D eigenvalue weighted by molar-refractivity contribution is 6.36. The second kappa shape index (κ2) is 6.75. The third-order valence-corrected chi connectivity index (χ3v) is 4.12. The highest BCUT2D eigenvalue weighted by Crippen LogP contribution is 2.39. The van der Waals surface area contributed by atoms with Crippen LogP contribution in [0.15, 0.2) is 48.8 Å². The summed E-state index contributed by atoms with van der Waals surface area (Å²) in [5, 5.41) is 1.72. The van der Waals surface area contributed by atoms with Crippen molar-refractivity contribution in [3.05, 3.63) is 63.9 Å². The SMILES string of the molecule is COc1ncnc(-c2ccc(Cl)cc2Cl)c1-c1ccc(Cl)cc1. The predicted molar refractivity (Wildman–Crippen MR) is 94.5 cm³/mol. The Morgan fingerprint density at radius 2 is 1.57 bits per heavy atom. The molecule has 0 amide bonds. The summed E-state index contributed by atoms with van der Waals surface area (Å²) in [7, 11) is 1.56. The molecule has 0 radical (unpaired) electrons. The second-order valence-corrected chi connectivity index (χ2v) is 6.02. The summed E-state index contributed by atoms with van der Waals surface area (Å²) in [5.74, 6) is 0.461.